The number of carboxylic acid groups (broad SMARTS) is 2. The summed E-state index contributed by atoms with van der Waals surface area (Å²) in [6, 6.07) is -0.119. The molecule has 0 spiro atoms. The van der Waals surface area contributed by atoms with Crippen LogP contribution in [-0.2, 0) is 9.59 Å². The Labute approximate surface area is 149 Å². The van der Waals surface area contributed by atoms with E-state index in [9.17, 15) is 27.2 Å². The maximum Gasteiger partial charge on any atom is 0.317 e. The molecule has 0 saturated heterocycles. The van der Waals surface area contributed by atoms with E-state index in [2.05, 4.69) is 10.6 Å². The fraction of sp³-hybridized carbons (Fsp3) is 0.875. The summed E-state index contributed by atoms with van der Waals surface area (Å²) >= 11 is 0. The Morgan fingerprint density at radius 2 is 1.00 bits per heavy atom. The summed E-state index contributed by atoms with van der Waals surface area (Å²) in [5, 5.41) is 22.1. The summed E-state index contributed by atoms with van der Waals surface area (Å²) in [5.74, 6) is -6.97. The van der Waals surface area contributed by atoms with E-state index < -0.39 is 23.8 Å². The molecule has 0 heterocycles. The van der Waals surface area contributed by atoms with Crippen molar-refractivity contribution in [1.82, 2.24) is 10.6 Å². The van der Waals surface area contributed by atoms with E-state index in [1.54, 1.807) is 0 Å². The van der Waals surface area contributed by atoms with Crippen LogP contribution in [0.25, 0.3) is 0 Å². The van der Waals surface area contributed by atoms with Gasteiger partial charge in [0, 0.05) is 37.8 Å². The molecule has 0 radical (unpaired) electrons. The van der Waals surface area contributed by atoms with E-state index >= 15 is 0 Å². The smallest absolute Gasteiger partial charge is 0.317 e. The lowest BCUT2D eigenvalue weighted by Gasteiger charge is -2.28. The number of nitrogens with one attached hydrogen (secondary N) is 2. The number of hydrogen-bond donors (Lipinski definition) is 4. The highest BCUT2D eigenvalue weighted by Gasteiger charge is 2.35. The zero-order valence-electron chi connectivity index (χ0n) is 14.4. The lowest BCUT2D eigenvalue weighted by molar-refractivity contribution is -0.137. The summed E-state index contributed by atoms with van der Waals surface area (Å²) in [4.78, 5) is 20.3. The first-order valence-corrected chi connectivity index (χ1v) is 8.65. The van der Waals surface area contributed by atoms with Gasteiger partial charge < -0.3 is 20.8 Å². The van der Waals surface area contributed by atoms with Crippen LogP contribution in [0.15, 0.2) is 0 Å². The van der Waals surface area contributed by atoms with Gasteiger partial charge in [-0.25, -0.2) is 17.6 Å². The van der Waals surface area contributed by atoms with Crippen LogP contribution in [0.1, 0.15) is 51.4 Å². The van der Waals surface area contributed by atoms with Gasteiger partial charge in [0.05, 0.1) is 13.1 Å². The van der Waals surface area contributed by atoms with Gasteiger partial charge in [-0.2, -0.15) is 0 Å². The normalized spacial score (nSPS) is 22.9. The number of carboxylic acids is 2. The molecule has 0 bridgehead atoms. The minimum atomic E-state index is -2.54. The standard InChI is InChI=1S/2C8H13F2NO2/c2*9-8(10)3-1-6(2-4-8)11-5-7(12)13/h2*6,11H,1-5H2,(H,12,13). The molecule has 2 rings (SSSR count). The molecule has 26 heavy (non-hydrogen) atoms. The van der Waals surface area contributed by atoms with Crippen LogP contribution in [0.3, 0.4) is 0 Å². The first-order valence-electron chi connectivity index (χ1n) is 8.65. The Kier molecular flexibility index (Phi) is 8.75. The first kappa shape index (κ1) is 22.6. The second-order valence-corrected chi connectivity index (χ2v) is 6.81. The van der Waals surface area contributed by atoms with Crippen LogP contribution in [0.4, 0.5) is 17.6 Å². The van der Waals surface area contributed by atoms with Crippen molar-refractivity contribution in [3.05, 3.63) is 0 Å². The van der Waals surface area contributed by atoms with Crippen molar-refractivity contribution < 1.29 is 37.4 Å². The number of carbonyl (C=O) groups is 2. The van der Waals surface area contributed by atoms with Gasteiger partial charge in [-0.3, -0.25) is 9.59 Å². The zero-order chi connectivity index (χ0) is 19.8. The predicted octanol–water partition coefficient (Wildman–Crippen LogP) is 2.48. The van der Waals surface area contributed by atoms with Gasteiger partial charge in [0.15, 0.2) is 0 Å². The van der Waals surface area contributed by atoms with E-state index in [0.717, 1.165) is 0 Å². The van der Waals surface area contributed by atoms with Crippen LogP contribution in [0, 0.1) is 0 Å². The Hall–Kier alpha value is -1.42. The van der Waals surface area contributed by atoms with Crippen molar-refractivity contribution in [3.8, 4) is 0 Å². The third-order valence-electron chi connectivity index (χ3n) is 4.52. The van der Waals surface area contributed by atoms with Crippen molar-refractivity contribution in [2.24, 2.45) is 0 Å². The van der Waals surface area contributed by atoms with Crippen LogP contribution in [-0.4, -0.2) is 59.2 Å². The number of halogens is 4. The SMILES string of the molecule is O=C(O)CNC1CCC(F)(F)CC1.O=C(O)CNC1CCC(F)(F)CC1. The van der Waals surface area contributed by atoms with Crippen molar-refractivity contribution in [3.63, 3.8) is 0 Å². The molecule has 0 atom stereocenters. The van der Waals surface area contributed by atoms with E-state index in [1.807, 2.05) is 0 Å². The maximum absolute atomic E-state index is 12.6. The molecule has 0 amide bonds. The van der Waals surface area contributed by atoms with Crippen LogP contribution >= 0.6 is 0 Å². The van der Waals surface area contributed by atoms with E-state index in [1.165, 1.54) is 0 Å². The summed E-state index contributed by atoms with van der Waals surface area (Å²) in [6.07, 6.45) is 0.907. The quantitative estimate of drug-likeness (QED) is 0.524. The summed E-state index contributed by atoms with van der Waals surface area (Å²) in [5.41, 5.74) is 0. The molecule has 2 saturated carbocycles. The van der Waals surface area contributed by atoms with E-state index in [-0.39, 0.29) is 50.9 Å². The largest absolute Gasteiger partial charge is 0.480 e. The van der Waals surface area contributed by atoms with Crippen LogP contribution < -0.4 is 10.6 Å². The molecule has 0 aromatic rings. The summed E-state index contributed by atoms with van der Waals surface area (Å²) < 4.78 is 50.5. The van der Waals surface area contributed by atoms with Gasteiger partial charge in [-0.1, -0.05) is 0 Å². The molecule has 0 unspecified atom stereocenters. The highest BCUT2D eigenvalue weighted by molar-refractivity contribution is 5.69. The maximum atomic E-state index is 12.6. The van der Waals surface area contributed by atoms with Crippen molar-refractivity contribution >= 4 is 11.9 Å². The molecule has 0 aromatic heterocycles. The number of rotatable bonds is 6. The molecular formula is C16H26F4N2O4. The van der Waals surface area contributed by atoms with Gasteiger partial charge >= 0.3 is 11.9 Å². The van der Waals surface area contributed by atoms with Crippen molar-refractivity contribution in [1.29, 1.82) is 0 Å². The van der Waals surface area contributed by atoms with Gasteiger partial charge in [0.1, 0.15) is 0 Å². The molecule has 6 nitrogen and oxygen atoms in total. The molecule has 0 aromatic carbocycles. The molecule has 152 valence electrons. The minimum absolute atomic E-state index is 0.0595. The third-order valence-corrected chi connectivity index (χ3v) is 4.52. The zero-order valence-corrected chi connectivity index (χ0v) is 14.4. The topological polar surface area (TPSA) is 98.7 Å². The lowest BCUT2D eigenvalue weighted by atomic mass is 9.92. The molecule has 4 N–H and O–H groups in total. The minimum Gasteiger partial charge on any atom is -0.480 e. The molecule has 2 aliphatic rings. The van der Waals surface area contributed by atoms with Crippen molar-refractivity contribution in [2.75, 3.05) is 13.1 Å². The van der Waals surface area contributed by atoms with E-state index in [0.29, 0.717) is 25.7 Å². The summed E-state index contributed by atoms with van der Waals surface area (Å²) in [7, 11) is 0. The molecule has 2 fully saturated rings. The average Bonchev–Trinajstić information content (AvgIpc) is 2.53. The van der Waals surface area contributed by atoms with Crippen LogP contribution in [0.5, 0.6) is 0 Å². The van der Waals surface area contributed by atoms with Gasteiger partial charge in [-0.15, -0.1) is 0 Å². The van der Waals surface area contributed by atoms with E-state index in [4.69, 9.17) is 10.2 Å². The van der Waals surface area contributed by atoms with Gasteiger partial charge in [0.2, 0.25) is 11.8 Å². The van der Waals surface area contributed by atoms with Gasteiger partial charge in [0.25, 0.3) is 0 Å². The molecule has 10 heteroatoms. The second-order valence-electron chi connectivity index (χ2n) is 6.81. The Balaban J connectivity index is 0.000000260. The monoisotopic (exact) mass is 386 g/mol. The fourth-order valence-corrected chi connectivity index (χ4v) is 2.95. The molecular weight excluding hydrogens is 360 g/mol. The number of aliphatic carboxylic acids is 2. The first-order chi connectivity index (χ1) is 12.0. The fourth-order valence-electron chi connectivity index (χ4n) is 2.95. The third kappa shape index (κ3) is 9.91. The predicted molar refractivity (Wildman–Crippen MR) is 85.7 cm³/mol. The molecule has 0 aliphatic heterocycles. The number of hydrogen-bond acceptors (Lipinski definition) is 4. The Morgan fingerprint density at radius 1 is 0.731 bits per heavy atom. The van der Waals surface area contributed by atoms with Gasteiger partial charge in [-0.05, 0) is 25.7 Å². The highest BCUT2D eigenvalue weighted by atomic mass is 19.3. The Bertz CT molecular complexity index is 415. The van der Waals surface area contributed by atoms with Crippen molar-refractivity contribution in [2.45, 2.75) is 75.3 Å². The average molecular weight is 386 g/mol. The number of alkyl halides is 4. The second kappa shape index (κ2) is 10.1. The summed E-state index contributed by atoms with van der Waals surface area (Å²) in [6.45, 7) is -0.285. The highest BCUT2D eigenvalue weighted by Crippen LogP contribution is 2.33. The lowest BCUT2D eigenvalue weighted by Crippen LogP contribution is -2.39. The molecule has 2 aliphatic carbocycles. The Morgan fingerprint density at radius 3 is 1.23 bits per heavy atom. The van der Waals surface area contributed by atoms with Crippen LogP contribution in [0.2, 0.25) is 0 Å².